The molecule has 0 atom stereocenters. The molecule has 0 spiro atoms. The first kappa shape index (κ1) is 13.5. The number of benzene rings is 1. The maximum absolute atomic E-state index is 6.31. The summed E-state index contributed by atoms with van der Waals surface area (Å²) in [7, 11) is 3.16. The average molecular weight is 283 g/mol. The van der Waals surface area contributed by atoms with E-state index in [0.29, 0.717) is 28.6 Å². The van der Waals surface area contributed by atoms with Crippen molar-refractivity contribution < 1.29 is 14.0 Å². The maximum Gasteiger partial charge on any atom is 0.222 e. The largest absolute Gasteiger partial charge is 0.493 e. The van der Waals surface area contributed by atoms with Crippen molar-refractivity contribution in [2.75, 3.05) is 20.0 Å². The minimum atomic E-state index is 0.239. The Morgan fingerprint density at radius 3 is 2.53 bits per heavy atom. The Labute approximate surface area is 116 Å². The van der Waals surface area contributed by atoms with Crippen LogP contribution in [0.3, 0.4) is 0 Å². The van der Waals surface area contributed by atoms with E-state index in [1.165, 1.54) is 0 Å². The number of methoxy groups -OCH3 is 2. The lowest BCUT2D eigenvalue weighted by atomic mass is 10.0. The molecule has 0 saturated carbocycles. The van der Waals surface area contributed by atoms with Crippen molar-refractivity contribution in [3.8, 4) is 22.8 Å². The SMILES string of the molecule is CCc1c(OC)c(OC)cc(Cl)c1-c1cc(N)on1. The summed E-state index contributed by atoms with van der Waals surface area (Å²) in [6, 6.07) is 3.33. The van der Waals surface area contributed by atoms with Gasteiger partial charge in [-0.15, -0.1) is 0 Å². The predicted octanol–water partition coefficient (Wildman–Crippen LogP) is 3.16. The fraction of sp³-hybridized carbons (Fsp3) is 0.308. The van der Waals surface area contributed by atoms with E-state index < -0.39 is 0 Å². The van der Waals surface area contributed by atoms with Gasteiger partial charge in [0.1, 0.15) is 5.69 Å². The number of nitrogens with two attached hydrogens (primary N) is 1. The first-order chi connectivity index (χ1) is 9.12. The van der Waals surface area contributed by atoms with Gasteiger partial charge in [0.05, 0.1) is 19.2 Å². The zero-order valence-corrected chi connectivity index (χ0v) is 11.7. The minimum absolute atomic E-state index is 0.239. The Balaban J connectivity index is 2.72. The van der Waals surface area contributed by atoms with Gasteiger partial charge in [-0.25, -0.2) is 0 Å². The first-order valence-corrected chi connectivity index (χ1v) is 6.16. The van der Waals surface area contributed by atoms with Crippen LogP contribution in [0.2, 0.25) is 5.02 Å². The van der Waals surface area contributed by atoms with Gasteiger partial charge in [0, 0.05) is 23.3 Å². The molecule has 6 heteroatoms. The molecule has 2 rings (SSSR count). The molecular weight excluding hydrogens is 268 g/mol. The Kier molecular flexibility index (Phi) is 3.85. The topological polar surface area (TPSA) is 70.5 Å². The van der Waals surface area contributed by atoms with E-state index in [0.717, 1.165) is 11.1 Å². The molecule has 1 aromatic carbocycles. The summed E-state index contributed by atoms with van der Waals surface area (Å²) in [5.41, 5.74) is 7.79. The Bertz CT molecular complexity index is 596. The molecule has 0 saturated heterocycles. The molecule has 102 valence electrons. The van der Waals surface area contributed by atoms with Crippen LogP contribution in [-0.2, 0) is 6.42 Å². The van der Waals surface area contributed by atoms with Crippen LogP contribution >= 0.6 is 11.6 Å². The molecule has 0 aliphatic heterocycles. The second-order valence-corrected chi connectivity index (χ2v) is 4.32. The van der Waals surface area contributed by atoms with Gasteiger partial charge in [0.15, 0.2) is 11.5 Å². The second kappa shape index (κ2) is 5.40. The third kappa shape index (κ3) is 2.33. The molecule has 0 bridgehead atoms. The van der Waals surface area contributed by atoms with Gasteiger partial charge < -0.3 is 19.7 Å². The summed E-state index contributed by atoms with van der Waals surface area (Å²) in [6.07, 6.45) is 0.711. The third-order valence-electron chi connectivity index (χ3n) is 2.86. The van der Waals surface area contributed by atoms with Crippen LogP contribution in [0, 0.1) is 0 Å². The van der Waals surface area contributed by atoms with Crippen LogP contribution < -0.4 is 15.2 Å². The molecule has 2 N–H and O–H groups in total. The zero-order chi connectivity index (χ0) is 14.0. The fourth-order valence-electron chi connectivity index (χ4n) is 2.06. The van der Waals surface area contributed by atoms with E-state index in [1.807, 2.05) is 6.92 Å². The van der Waals surface area contributed by atoms with Crippen LogP contribution in [0.25, 0.3) is 11.3 Å². The minimum Gasteiger partial charge on any atom is -0.493 e. The number of nitrogens with zero attached hydrogens (tertiary/aromatic N) is 1. The highest BCUT2D eigenvalue weighted by Gasteiger charge is 2.21. The van der Waals surface area contributed by atoms with Gasteiger partial charge in [-0.05, 0) is 6.42 Å². The highest BCUT2D eigenvalue weighted by atomic mass is 35.5. The molecule has 5 nitrogen and oxygen atoms in total. The normalized spacial score (nSPS) is 10.5. The number of ether oxygens (including phenoxy) is 2. The molecule has 19 heavy (non-hydrogen) atoms. The molecule has 0 unspecified atom stereocenters. The second-order valence-electron chi connectivity index (χ2n) is 3.92. The Morgan fingerprint density at radius 1 is 1.32 bits per heavy atom. The summed E-state index contributed by atoms with van der Waals surface area (Å²) < 4.78 is 15.6. The highest BCUT2D eigenvalue weighted by Crippen LogP contribution is 2.43. The standard InChI is InChI=1S/C13H15ClN2O3/c1-4-7-12(9-6-11(15)19-16-9)8(14)5-10(17-2)13(7)18-3/h5-6H,4,15H2,1-3H3. The van der Waals surface area contributed by atoms with E-state index in [4.69, 9.17) is 31.3 Å². The Hall–Kier alpha value is -1.88. The lowest BCUT2D eigenvalue weighted by Crippen LogP contribution is -1.99. The third-order valence-corrected chi connectivity index (χ3v) is 3.16. The number of hydrogen-bond donors (Lipinski definition) is 1. The fourth-order valence-corrected chi connectivity index (χ4v) is 2.37. The van der Waals surface area contributed by atoms with Gasteiger partial charge in [0.25, 0.3) is 0 Å². The number of anilines is 1. The molecule has 0 amide bonds. The van der Waals surface area contributed by atoms with Crippen LogP contribution in [0.15, 0.2) is 16.7 Å². The van der Waals surface area contributed by atoms with Crippen molar-refractivity contribution >= 4 is 17.5 Å². The van der Waals surface area contributed by atoms with Gasteiger partial charge in [-0.3, -0.25) is 0 Å². The average Bonchev–Trinajstić information content (AvgIpc) is 2.83. The molecule has 0 fully saturated rings. The molecular formula is C13H15ClN2O3. The van der Waals surface area contributed by atoms with Gasteiger partial charge in [-0.1, -0.05) is 23.7 Å². The van der Waals surface area contributed by atoms with Crippen molar-refractivity contribution in [1.29, 1.82) is 0 Å². The van der Waals surface area contributed by atoms with Crippen molar-refractivity contribution in [2.45, 2.75) is 13.3 Å². The predicted molar refractivity (Wildman–Crippen MR) is 73.8 cm³/mol. The summed E-state index contributed by atoms with van der Waals surface area (Å²) in [5, 5.41) is 4.42. The monoisotopic (exact) mass is 282 g/mol. The number of halogens is 1. The first-order valence-electron chi connectivity index (χ1n) is 5.78. The number of rotatable bonds is 4. The van der Waals surface area contributed by atoms with Crippen LogP contribution in [0.5, 0.6) is 11.5 Å². The summed E-state index contributed by atoms with van der Waals surface area (Å²) in [5.74, 6) is 1.47. The van der Waals surface area contributed by atoms with Crippen LogP contribution in [0.1, 0.15) is 12.5 Å². The summed E-state index contributed by atoms with van der Waals surface area (Å²) in [6.45, 7) is 2.00. The van der Waals surface area contributed by atoms with Gasteiger partial charge >= 0.3 is 0 Å². The highest BCUT2D eigenvalue weighted by molar-refractivity contribution is 6.33. The van der Waals surface area contributed by atoms with Crippen LogP contribution in [0.4, 0.5) is 5.88 Å². The number of aromatic nitrogens is 1. The van der Waals surface area contributed by atoms with E-state index in [-0.39, 0.29) is 5.88 Å². The quantitative estimate of drug-likeness (QED) is 0.933. The van der Waals surface area contributed by atoms with Crippen LogP contribution in [-0.4, -0.2) is 19.4 Å². The van der Waals surface area contributed by atoms with Gasteiger partial charge in [-0.2, -0.15) is 0 Å². The van der Waals surface area contributed by atoms with Crippen molar-refractivity contribution in [3.05, 3.63) is 22.7 Å². The number of nitrogen functional groups attached to an aromatic ring is 1. The van der Waals surface area contributed by atoms with Crippen molar-refractivity contribution in [3.63, 3.8) is 0 Å². The molecule has 1 aromatic heterocycles. The molecule has 2 aromatic rings. The molecule has 1 heterocycles. The van der Waals surface area contributed by atoms with E-state index in [2.05, 4.69) is 5.16 Å². The smallest absolute Gasteiger partial charge is 0.222 e. The molecule has 0 aliphatic rings. The van der Waals surface area contributed by atoms with E-state index >= 15 is 0 Å². The van der Waals surface area contributed by atoms with E-state index in [9.17, 15) is 0 Å². The molecule has 0 aliphatic carbocycles. The lowest BCUT2D eigenvalue weighted by Gasteiger charge is -2.16. The summed E-state index contributed by atoms with van der Waals surface area (Å²) in [4.78, 5) is 0. The molecule has 0 radical (unpaired) electrons. The van der Waals surface area contributed by atoms with E-state index in [1.54, 1.807) is 26.4 Å². The summed E-state index contributed by atoms with van der Waals surface area (Å²) >= 11 is 6.31. The van der Waals surface area contributed by atoms with Gasteiger partial charge in [0.2, 0.25) is 5.88 Å². The Morgan fingerprint density at radius 2 is 2.05 bits per heavy atom. The lowest BCUT2D eigenvalue weighted by molar-refractivity contribution is 0.352. The number of hydrogen-bond acceptors (Lipinski definition) is 5. The van der Waals surface area contributed by atoms with Crippen molar-refractivity contribution in [2.24, 2.45) is 0 Å². The maximum atomic E-state index is 6.31. The van der Waals surface area contributed by atoms with Crippen molar-refractivity contribution in [1.82, 2.24) is 5.16 Å². The zero-order valence-electron chi connectivity index (χ0n) is 11.0.